The van der Waals surface area contributed by atoms with Crippen molar-refractivity contribution in [2.45, 2.75) is 11.8 Å². The minimum absolute atomic E-state index is 0.665. The molecule has 0 bridgehead atoms. The quantitative estimate of drug-likeness (QED) is 0.774. The van der Waals surface area contributed by atoms with E-state index < -0.39 is 10.8 Å². The fraction of sp³-hybridized carbons (Fsp3) is 0.0833. The molecule has 0 N–H and O–H groups in total. The van der Waals surface area contributed by atoms with Crippen LogP contribution in [0.1, 0.15) is 6.92 Å². The van der Waals surface area contributed by atoms with E-state index in [1.807, 2.05) is 24.3 Å². The third-order valence-electron chi connectivity index (χ3n) is 2.14. The topological polar surface area (TPSA) is 30.0 Å². The van der Waals surface area contributed by atoms with Crippen molar-refractivity contribution in [3.05, 3.63) is 48.1 Å². The van der Waals surface area contributed by atoms with E-state index in [2.05, 4.69) is 11.6 Å². The summed E-state index contributed by atoms with van der Waals surface area (Å²) in [4.78, 5) is 5.48. The lowest BCUT2D eigenvalue weighted by molar-refractivity contribution is 0.687. The van der Waals surface area contributed by atoms with Crippen LogP contribution >= 0.6 is 0 Å². The first-order chi connectivity index (χ1) is 7.18. The van der Waals surface area contributed by atoms with Crippen molar-refractivity contribution < 1.29 is 4.21 Å². The first kappa shape index (κ1) is 10.1. The molecule has 2 rings (SSSR count). The Hall–Kier alpha value is -1.48. The van der Waals surface area contributed by atoms with Gasteiger partial charge in [-0.3, -0.25) is 4.98 Å². The van der Waals surface area contributed by atoms with Crippen molar-refractivity contribution in [2.24, 2.45) is 0 Å². The number of rotatable bonds is 2. The summed E-state index contributed by atoms with van der Waals surface area (Å²) in [6.45, 7) is 5.46. The molecule has 1 heterocycles. The second-order valence-electron chi connectivity index (χ2n) is 3.36. The van der Waals surface area contributed by atoms with Gasteiger partial charge >= 0.3 is 0 Å². The summed E-state index contributed by atoms with van der Waals surface area (Å²) in [5.74, 6) is 0. The van der Waals surface area contributed by atoms with Crippen LogP contribution in [-0.4, -0.2) is 9.19 Å². The van der Waals surface area contributed by atoms with Gasteiger partial charge in [0.05, 0.1) is 10.8 Å². The van der Waals surface area contributed by atoms with Crippen molar-refractivity contribution >= 4 is 21.6 Å². The van der Waals surface area contributed by atoms with Crippen LogP contribution in [0.15, 0.2) is 53.0 Å². The highest BCUT2D eigenvalue weighted by molar-refractivity contribution is 7.89. The molecule has 0 saturated heterocycles. The van der Waals surface area contributed by atoms with Crippen molar-refractivity contribution in [1.29, 1.82) is 0 Å². The van der Waals surface area contributed by atoms with E-state index in [9.17, 15) is 4.21 Å². The first-order valence-corrected chi connectivity index (χ1v) is 5.74. The number of nitrogens with zero attached hydrogens (tertiary/aromatic N) is 1. The Bertz CT molecular complexity index is 548. The van der Waals surface area contributed by atoms with Crippen LogP contribution in [0.3, 0.4) is 0 Å². The molecule has 1 aromatic carbocycles. The van der Waals surface area contributed by atoms with E-state index >= 15 is 0 Å². The van der Waals surface area contributed by atoms with Crippen LogP contribution in [0, 0.1) is 0 Å². The molecule has 0 fully saturated rings. The predicted molar refractivity (Wildman–Crippen MR) is 63.0 cm³/mol. The molecular weight excluding hydrogens is 206 g/mol. The van der Waals surface area contributed by atoms with Crippen molar-refractivity contribution in [3.8, 4) is 0 Å². The predicted octanol–water partition coefficient (Wildman–Crippen LogP) is 2.88. The van der Waals surface area contributed by atoms with Crippen LogP contribution in [0.2, 0.25) is 0 Å². The lowest BCUT2D eigenvalue weighted by Gasteiger charge is -2.02. The minimum Gasteiger partial charge on any atom is -0.264 e. The molecule has 15 heavy (non-hydrogen) atoms. The van der Waals surface area contributed by atoms with Crippen LogP contribution in [0.25, 0.3) is 10.8 Å². The Labute approximate surface area is 91.1 Å². The maximum atomic E-state index is 11.8. The number of fused-ring (bicyclic) bond motifs is 1. The van der Waals surface area contributed by atoms with Gasteiger partial charge < -0.3 is 0 Å². The SMILES string of the molecule is C=C(C)S(=O)c1ccc2ccncc2c1. The Kier molecular flexibility index (Phi) is 2.64. The molecule has 76 valence electrons. The normalized spacial score (nSPS) is 12.6. The molecule has 0 aliphatic heterocycles. The largest absolute Gasteiger partial charge is 0.264 e. The van der Waals surface area contributed by atoms with Crippen LogP contribution in [0.5, 0.6) is 0 Å². The van der Waals surface area contributed by atoms with Gasteiger partial charge in [0, 0.05) is 27.6 Å². The Morgan fingerprint density at radius 1 is 1.33 bits per heavy atom. The highest BCUT2D eigenvalue weighted by Crippen LogP contribution is 2.19. The molecule has 2 nitrogen and oxygen atoms in total. The highest BCUT2D eigenvalue weighted by atomic mass is 32.2. The van der Waals surface area contributed by atoms with Gasteiger partial charge in [-0.2, -0.15) is 0 Å². The molecule has 0 amide bonds. The zero-order valence-electron chi connectivity index (χ0n) is 8.43. The highest BCUT2D eigenvalue weighted by Gasteiger charge is 2.04. The molecule has 2 aromatic rings. The maximum absolute atomic E-state index is 11.8. The van der Waals surface area contributed by atoms with E-state index in [0.717, 1.165) is 15.7 Å². The number of pyridine rings is 1. The van der Waals surface area contributed by atoms with Gasteiger partial charge in [0.2, 0.25) is 0 Å². The number of hydrogen-bond donors (Lipinski definition) is 0. The monoisotopic (exact) mass is 217 g/mol. The number of benzene rings is 1. The molecule has 1 atom stereocenters. The Morgan fingerprint density at radius 3 is 2.87 bits per heavy atom. The number of hydrogen-bond acceptors (Lipinski definition) is 2. The van der Waals surface area contributed by atoms with Gasteiger partial charge in [-0.15, -0.1) is 0 Å². The fourth-order valence-corrected chi connectivity index (χ4v) is 2.21. The van der Waals surface area contributed by atoms with Gasteiger partial charge in [0.15, 0.2) is 0 Å². The summed E-state index contributed by atoms with van der Waals surface area (Å²) in [6, 6.07) is 7.65. The van der Waals surface area contributed by atoms with Crippen LogP contribution in [0.4, 0.5) is 0 Å². The third-order valence-corrected chi connectivity index (χ3v) is 3.46. The van der Waals surface area contributed by atoms with E-state index in [1.165, 1.54) is 0 Å². The third kappa shape index (κ3) is 1.97. The molecule has 0 aliphatic rings. The summed E-state index contributed by atoms with van der Waals surface area (Å²) in [6.07, 6.45) is 3.52. The van der Waals surface area contributed by atoms with Gasteiger partial charge in [-0.1, -0.05) is 12.6 Å². The van der Waals surface area contributed by atoms with Crippen LogP contribution in [-0.2, 0) is 10.8 Å². The van der Waals surface area contributed by atoms with E-state index in [1.54, 1.807) is 19.3 Å². The van der Waals surface area contributed by atoms with Crippen LogP contribution < -0.4 is 0 Å². The van der Waals surface area contributed by atoms with Gasteiger partial charge in [0.1, 0.15) is 0 Å². The average Bonchev–Trinajstić information content (AvgIpc) is 2.27. The van der Waals surface area contributed by atoms with Crippen molar-refractivity contribution in [3.63, 3.8) is 0 Å². The summed E-state index contributed by atoms with van der Waals surface area (Å²) >= 11 is 0. The molecule has 0 saturated carbocycles. The summed E-state index contributed by atoms with van der Waals surface area (Å²) in [7, 11) is -1.11. The molecule has 1 aromatic heterocycles. The second kappa shape index (κ2) is 3.95. The summed E-state index contributed by atoms with van der Waals surface area (Å²) in [5, 5.41) is 2.11. The maximum Gasteiger partial charge on any atom is 0.0799 e. The lowest BCUT2D eigenvalue weighted by Crippen LogP contribution is -1.91. The van der Waals surface area contributed by atoms with Gasteiger partial charge in [-0.05, 0) is 30.5 Å². The molecule has 0 radical (unpaired) electrons. The fourth-order valence-electron chi connectivity index (χ4n) is 1.38. The van der Waals surface area contributed by atoms with E-state index in [4.69, 9.17) is 0 Å². The standard InChI is InChI=1S/C12H11NOS/c1-9(2)15(14)12-4-3-10-5-6-13-8-11(10)7-12/h3-8H,1H2,2H3. The zero-order chi connectivity index (χ0) is 10.8. The number of allylic oxidation sites excluding steroid dienone is 1. The smallest absolute Gasteiger partial charge is 0.0799 e. The van der Waals surface area contributed by atoms with E-state index in [0.29, 0.717) is 4.91 Å². The number of aromatic nitrogens is 1. The molecule has 3 heteroatoms. The molecule has 1 unspecified atom stereocenters. The first-order valence-electron chi connectivity index (χ1n) is 4.59. The minimum atomic E-state index is -1.11. The van der Waals surface area contributed by atoms with Crippen molar-refractivity contribution in [2.75, 3.05) is 0 Å². The van der Waals surface area contributed by atoms with Crippen molar-refractivity contribution in [1.82, 2.24) is 4.98 Å². The average molecular weight is 217 g/mol. The van der Waals surface area contributed by atoms with Gasteiger partial charge in [-0.25, -0.2) is 4.21 Å². The summed E-state index contributed by atoms with van der Waals surface area (Å²) < 4.78 is 11.8. The van der Waals surface area contributed by atoms with Gasteiger partial charge in [0.25, 0.3) is 0 Å². The molecular formula is C12H11NOS. The molecule has 0 spiro atoms. The Morgan fingerprint density at radius 2 is 2.13 bits per heavy atom. The summed E-state index contributed by atoms with van der Waals surface area (Å²) in [5.41, 5.74) is 0. The zero-order valence-corrected chi connectivity index (χ0v) is 9.25. The molecule has 0 aliphatic carbocycles. The Balaban J connectivity index is 2.56. The second-order valence-corrected chi connectivity index (χ2v) is 5.06. The lowest BCUT2D eigenvalue weighted by atomic mass is 10.2. The van der Waals surface area contributed by atoms with E-state index in [-0.39, 0.29) is 0 Å².